The zero-order chi connectivity index (χ0) is 37.8. The van der Waals surface area contributed by atoms with Crippen molar-refractivity contribution >= 4 is 45.7 Å². The van der Waals surface area contributed by atoms with Crippen LogP contribution in [0.25, 0.3) is 0 Å². The SMILES string of the molecule is COC(=O)c1ccccc1CS(=O)(=O)N[C@H](CC1CCCN(C(=N)N)C1)C(=O)NCC(=O)N[C@H]1CCCN(C(=N)N)C1O.O=C(O)C(F)(F)F. The normalized spacial score (nSPS) is 20.0. The predicted octanol–water partition coefficient (Wildman–Crippen LogP) is -1.20. The fourth-order valence-electron chi connectivity index (χ4n) is 5.37. The van der Waals surface area contributed by atoms with Gasteiger partial charge in [0, 0.05) is 19.6 Å². The number of carboxylic acids is 1. The van der Waals surface area contributed by atoms with Crippen LogP contribution in [0.2, 0.25) is 0 Å². The number of esters is 1. The number of alkyl halides is 3. The second-order valence-electron chi connectivity index (χ2n) is 11.5. The van der Waals surface area contributed by atoms with Gasteiger partial charge in [-0.3, -0.25) is 20.4 Å². The van der Waals surface area contributed by atoms with Crippen molar-refractivity contribution in [1.29, 1.82) is 10.8 Å². The zero-order valence-corrected chi connectivity index (χ0v) is 27.8. The number of methoxy groups -OCH3 is 1. The summed E-state index contributed by atoms with van der Waals surface area (Å²) in [6.45, 7) is 0.815. The number of nitrogens with zero attached hydrogens (tertiary/aromatic N) is 2. The average molecular weight is 738 g/mol. The summed E-state index contributed by atoms with van der Waals surface area (Å²) >= 11 is 0. The maximum absolute atomic E-state index is 13.3. The van der Waals surface area contributed by atoms with Crippen LogP contribution in [-0.4, -0.2) is 122 Å². The number of sulfonamides is 1. The second-order valence-corrected chi connectivity index (χ2v) is 13.2. The summed E-state index contributed by atoms with van der Waals surface area (Å²) in [6.07, 6.45) is -3.82. The Morgan fingerprint density at radius 3 is 2.28 bits per heavy atom. The molecule has 0 aliphatic carbocycles. The molecule has 11 N–H and O–H groups in total. The lowest BCUT2D eigenvalue weighted by molar-refractivity contribution is -0.192. The number of amides is 2. The molecule has 2 amide bonds. The van der Waals surface area contributed by atoms with Gasteiger partial charge in [-0.1, -0.05) is 18.2 Å². The minimum Gasteiger partial charge on any atom is -0.475 e. The quantitative estimate of drug-likeness (QED) is 0.0734. The Kier molecular flexibility index (Phi) is 15.2. The number of hydrogen-bond acceptors (Lipinski definition) is 10. The van der Waals surface area contributed by atoms with Crippen LogP contribution in [0.4, 0.5) is 13.2 Å². The first-order chi connectivity index (χ1) is 23.2. The number of rotatable bonds is 11. The van der Waals surface area contributed by atoms with E-state index in [0.717, 1.165) is 0 Å². The van der Waals surface area contributed by atoms with E-state index in [1.165, 1.54) is 24.1 Å². The number of nitrogens with two attached hydrogens (primary N) is 2. The van der Waals surface area contributed by atoms with Gasteiger partial charge in [0.25, 0.3) is 0 Å². The van der Waals surface area contributed by atoms with Gasteiger partial charge in [-0.05, 0) is 49.7 Å². The number of guanidine groups is 2. The van der Waals surface area contributed by atoms with Crippen LogP contribution in [0.15, 0.2) is 24.3 Å². The Balaban J connectivity index is 0.00000112. The number of piperidine rings is 2. The number of ether oxygens (including phenoxy) is 1. The molecule has 0 radical (unpaired) electrons. The topological polar surface area (TPSA) is 294 Å². The molecular weight excluding hydrogens is 695 g/mol. The number of carboxylic acid groups (broad SMARTS) is 1. The van der Waals surface area contributed by atoms with E-state index < -0.39 is 70.6 Å². The van der Waals surface area contributed by atoms with E-state index in [0.29, 0.717) is 45.3 Å². The molecular formula is C28H42F3N9O9S. The van der Waals surface area contributed by atoms with Crippen LogP contribution >= 0.6 is 0 Å². The second kappa shape index (κ2) is 18.3. The Morgan fingerprint density at radius 2 is 1.70 bits per heavy atom. The van der Waals surface area contributed by atoms with Crippen molar-refractivity contribution in [3.8, 4) is 0 Å². The summed E-state index contributed by atoms with van der Waals surface area (Å²) in [5, 5.41) is 38.0. The minimum absolute atomic E-state index is 0.0734. The molecule has 0 bridgehead atoms. The van der Waals surface area contributed by atoms with E-state index in [-0.39, 0.29) is 35.4 Å². The molecule has 2 unspecified atom stereocenters. The third-order valence-corrected chi connectivity index (χ3v) is 9.08. The summed E-state index contributed by atoms with van der Waals surface area (Å²) in [4.78, 5) is 49.9. The first-order valence-electron chi connectivity index (χ1n) is 15.2. The Labute approximate surface area is 285 Å². The molecule has 1 aromatic rings. The molecule has 2 aliphatic rings. The molecule has 1 aromatic carbocycles. The first kappa shape index (κ1) is 41.5. The standard InChI is InChI=1S/C26H41N9O7S.C2HF3O2/c1-42-24(39)18-8-3-2-7-17(18)15-43(40,41)33-20(12-16-6-4-10-34(14-16)25(27)28)22(37)31-13-21(36)32-19-9-5-11-35(23(19)38)26(29)30;3-2(4,5)1(6)7/h2-3,7-8,16,19-20,23,33,38H,4-6,9-15H2,1H3,(H3,27,28)(H3,29,30)(H,31,37)(H,32,36);(H,6,7)/t16?,19-,20+,23?;/m0./s1. The number of aliphatic hydroxyl groups is 1. The maximum Gasteiger partial charge on any atom is 0.490 e. The van der Waals surface area contributed by atoms with Crippen LogP contribution in [0.5, 0.6) is 0 Å². The fraction of sp³-hybridized carbons (Fsp3) is 0.571. The van der Waals surface area contributed by atoms with Crippen LogP contribution in [0, 0.1) is 16.7 Å². The number of carbonyl (C=O) groups excluding carboxylic acids is 3. The molecule has 3 rings (SSSR count). The minimum atomic E-state index is -5.08. The van der Waals surface area contributed by atoms with Gasteiger partial charge in [-0.25, -0.2) is 22.7 Å². The largest absolute Gasteiger partial charge is 0.490 e. The summed E-state index contributed by atoms with van der Waals surface area (Å²) < 4.78 is 65.5. The number of benzene rings is 1. The van der Waals surface area contributed by atoms with Crippen molar-refractivity contribution in [2.75, 3.05) is 33.3 Å². The Morgan fingerprint density at radius 1 is 1.08 bits per heavy atom. The van der Waals surface area contributed by atoms with Crippen molar-refractivity contribution in [2.24, 2.45) is 17.4 Å². The molecule has 2 heterocycles. The highest BCUT2D eigenvalue weighted by Crippen LogP contribution is 2.22. The molecule has 18 nitrogen and oxygen atoms in total. The van der Waals surface area contributed by atoms with Gasteiger partial charge < -0.3 is 46.9 Å². The van der Waals surface area contributed by atoms with Crippen molar-refractivity contribution in [3.63, 3.8) is 0 Å². The van der Waals surface area contributed by atoms with Crippen LogP contribution in [0.1, 0.15) is 48.0 Å². The summed E-state index contributed by atoms with van der Waals surface area (Å²) in [5.41, 5.74) is 11.4. The third kappa shape index (κ3) is 13.0. The fourth-order valence-corrected chi connectivity index (χ4v) is 6.76. The van der Waals surface area contributed by atoms with Crippen molar-refractivity contribution in [2.45, 2.75) is 62.3 Å². The van der Waals surface area contributed by atoms with E-state index in [1.54, 1.807) is 17.0 Å². The van der Waals surface area contributed by atoms with Gasteiger partial charge in [0.2, 0.25) is 21.8 Å². The van der Waals surface area contributed by atoms with Gasteiger partial charge in [0.05, 0.1) is 31.0 Å². The van der Waals surface area contributed by atoms with Gasteiger partial charge in [-0.15, -0.1) is 0 Å². The molecule has 2 aliphatic heterocycles. The molecule has 50 heavy (non-hydrogen) atoms. The number of halogens is 3. The number of carbonyl (C=O) groups is 4. The third-order valence-electron chi connectivity index (χ3n) is 7.75. The van der Waals surface area contributed by atoms with Crippen LogP contribution < -0.4 is 26.8 Å². The highest BCUT2D eigenvalue weighted by Gasteiger charge is 2.38. The smallest absolute Gasteiger partial charge is 0.475 e. The molecule has 280 valence electrons. The lowest BCUT2D eigenvalue weighted by atomic mass is 9.91. The first-order valence-corrected chi connectivity index (χ1v) is 16.8. The monoisotopic (exact) mass is 737 g/mol. The van der Waals surface area contributed by atoms with E-state index in [2.05, 4.69) is 15.4 Å². The van der Waals surface area contributed by atoms with E-state index in [4.69, 9.17) is 36.9 Å². The summed E-state index contributed by atoms with van der Waals surface area (Å²) in [5.74, 6) is -6.03. The van der Waals surface area contributed by atoms with Gasteiger partial charge in [-0.2, -0.15) is 13.2 Å². The Hall–Kier alpha value is -4.70. The van der Waals surface area contributed by atoms with E-state index >= 15 is 0 Å². The highest BCUT2D eigenvalue weighted by atomic mass is 32.2. The van der Waals surface area contributed by atoms with E-state index in [1.807, 2.05) is 0 Å². The number of aliphatic carboxylic acids is 1. The van der Waals surface area contributed by atoms with Gasteiger partial charge >= 0.3 is 18.1 Å². The molecule has 0 aromatic heterocycles. The number of nitrogens with one attached hydrogen (secondary N) is 5. The molecule has 2 saturated heterocycles. The Bertz CT molecular complexity index is 1510. The van der Waals surface area contributed by atoms with Crippen LogP contribution in [0.3, 0.4) is 0 Å². The van der Waals surface area contributed by atoms with Crippen molar-refractivity contribution in [3.05, 3.63) is 35.4 Å². The lowest BCUT2D eigenvalue weighted by Gasteiger charge is -2.38. The number of hydrogen-bond donors (Lipinski definition) is 9. The number of likely N-dealkylation sites (tertiary alicyclic amines) is 2. The van der Waals surface area contributed by atoms with Crippen molar-refractivity contribution in [1.82, 2.24) is 25.2 Å². The van der Waals surface area contributed by atoms with E-state index in [9.17, 15) is 41.1 Å². The summed E-state index contributed by atoms with van der Waals surface area (Å²) in [7, 11) is -2.99. The molecule has 0 saturated carbocycles. The lowest BCUT2D eigenvalue weighted by Crippen LogP contribution is -2.59. The number of aliphatic hydroxyl groups excluding tert-OH is 1. The summed E-state index contributed by atoms with van der Waals surface area (Å²) in [6, 6.07) is 4.09. The van der Waals surface area contributed by atoms with Crippen LogP contribution in [-0.2, 0) is 34.9 Å². The van der Waals surface area contributed by atoms with Gasteiger partial charge in [0.15, 0.2) is 11.9 Å². The van der Waals surface area contributed by atoms with Crippen molar-refractivity contribution < 1.29 is 55.7 Å². The average Bonchev–Trinajstić information content (AvgIpc) is 3.03. The molecule has 22 heteroatoms. The predicted molar refractivity (Wildman–Crippen MR) is 171 cm³/mol. The molecule has 0 spiro atoms. The van der Waals surface area contributed by atoms with Gasteiger partial charge in [0.1, 0.15) is 12.3 Å². The molecule has 2 fully saturated rings. The maximum atomic E-state index is 13.3. The highest BCUT2D eigenvalue weighted by molar-refractivity contribution is 7.88. The molecule has 4 atom stereocenters. The zero-order valence-electron chi connectivity index (χ0n) is 27.0.